The number of imidazole rings is 1. The zero-order valence-electron chi connectivity index (χ0n) is 17.2. The normalized spacial score (nSPS) is 18.7. The molecular formula is C23H23N7O. The van der Waals surface area contributed by atoms with E-state index in [0.29, 0.717) is 17.3 Å². The van der Waals surface area contributed by atoms with Crippen molar-refractivity contribution in [3.05, 3.63) is 59.5 Å². The van der Waals surface area contributed by atoms with Gasteiger partial charge in [0.2, 0.25) is 0 Å². The minimum atomic E-state index is -0.0575. The summed E-state index contributed by atoms with van der Waals surface area (Å²) in [5.41, 5.74) is 3.48. The van der Waals surface area contributed by atoms with Crippen molar-refractivity contribution in [1.29, 1.82) is 5.26 Å². The van der Waals surface area contributed by atoms with E-state index >= 15 is 0 Å². The van der Waals surface area contributed by atoms with Crippen LogP contribution >= 0.6 is 0 Å². The molecule has 0 atom stereocenters. The van der Waals surface area contributed by atoms with E-state index in [1.165, 1.54) is 0 Å². The highest BCUT2D eigenvalue weighted by Gasteiger charge is 2.24. The van der Waals surface area contributed by atoms with Crippen LogP contribution in [0, 0.1) is 18.3 Å². The van der Waals surface area contributed by atoms with E-state index < -0.39 is 0 Å². The fourth-order valence-electron chi connectivity index (χ4n) is 4.40. The SMILES string of the molecule is Cc1n[nH]c2c(C(=O)NC3CCC(Nc4cccc5nc(C#N)cn45)CC3)cccc12. The van der Waals surface area contributed by atoms with Crippen molar-refractivity contribution in [3.8, 4) is 6.07 Å². The number of nitrogens with zero attached hydrogens (tertiary/aromatic N) is 4. The fraction of sp³-hybridized carbons (Fsp3) is 0.304. The first-order valence-electron chi connectivity index (χ1n) is 10.5. The van der Waals surface area contributed by atoms with Crippen LogP contribution in [0.5, 0.6) is 0 Å². The number of pyridine rings is 1. The molecule has 3 heterocycles. The lowest BCUT2D eigenvalue weighted by Crippen LogP contribution is -2.40. The third-order valence-corrected chi connectivity index (χ3v) is 6.06. The Balaban J connectivity index is 1.22. The third-order valence-electron chi connectivity index (χ3n) is 6.06. The number of hydrogen-bond acceptors (Lipinski definition) is 5. The van der Waals surface area contributed by atoms with Crippen molar-refractivity contribution in [2.24, 2.45) is 0 Å². The Morgan fingerprint density at radius 2 is 1.94 bits per heavy atom. The quantitative estimate of drug-likeness (QED) is 0.474. The molecule has 4 aromatic rings. The summed E-state index contributed by atoms with van der Waals surface area (Å²) in [6, 6.07) is 14.1. The number of para-hydroxylation sites is 1. The Kier molecular flexibility index (Phi) is 4.79. The average molecular weight is 413 g/mol. The minimum Gasteiger partial charge on any atom is -0.368 e. The van der Waals surface area contributed by atoms with E-state index in [2.05, 4.69) is 31.9 Å². The van der Waals surface area contributed by atoms with Gasteiger partial charge in [-0.3, -0.25) is 14.3 Å². The lowest BCUT2D eigenvalue weighted by Gasteiger charge is -2.30. The van der Waals surface area contributed by atoms with Gasteiger partial charge < -0.3 is 10.6 Å². The molecule has 1 saturated carbocycles. The van der Waals surface area contributed by atoms with Crippen LogP contribution in [0.25, 0.3) is 16.6 Å². The molecule has 0 radical (unpaired) electrons. The molecule has 0 saturated heterocycles. The number of carbonyl (C=O) groups is 1. The molecule has 1 aromatic carbocycles. The van der Waals surface area contributed by atoms with Crippen LogP contribution in [0.15, 0.2) is 42.6 Å². The molecular weight excluding hydrogens is 390 g/mol. The molecule has 5 rings (SSSR count). The van der Waals surface area contributed by atoms with Gasteiger partial charge in [-0.2, -0.15) is 10.4 Å². The number of amides is 1. The van der Waals surface area contributed by atoms with Crippen LogP contribution in [0.3, 0.4) is 0 Å². The molecule has 8 heteroatoms. The number of nitrogens with one attached hydrogen (secondary N) is 3. The summed E-state index contributed by atoms with van der Waals surface area (Å²) in [4.78, 5) is 17.2. The van der Waals surface area contributed by atoms with Gasteiger partial charge in [-0.1, -0.05) is 18.2 Å². The Hall–Kier alpha value is -3.86. The maximum Gasteiger partial charge on any atom is 0.253 e. The van der Waals surface area contributed by atoms with Gasteiger partial charge >= 0.3 is 0 Å². The summed E-state index contributed by atoms with van der Waals surface area (Å²) in [7, 11) is 0. The second kappa shape index (κ2) is 7.76. The van der Waals surface area contributed by atoms with Gasteiger partial charge in [0.1, 0.15) is 17.5 Å². The van der Waals surface area contributed by atoms with Gasteiger partial charge in [0, 0.05) is 23.7 Å². The zero-order valence-corrected chi connectivity index (χ0v) is 17.2. The predicted octanol–water partition coefficient (Wildman–Crippen LogP) is 3.54. The van der Waals surface area contributed by atoms with Gasteiger partial charge in [0.25, 0.3) is 5.91 Å². The van der Waals surface area contributed by atoms with E-state index in [9.17, 15) is 4.79 Å². The number of aryl methyl sites for hydroxylation is 1. The molecule has 0 unspecified atom stereocenters. The molecule has 0 aliphatic heterocycles. The first-order valence-corrected chi connectivity index (χ1v) is 10.5. The first kappa shape index (κ1) is 19.1. The highest BCUT2D eigenvalue weighted by Crippen LogP contribution is 2.24. The van der Waals surface area contributed by atoms with Crippen molar-refractivity contribution in [1.82, 2.24) is 24.9 Å². The Labute approximate surface area is 179 Å². The Bertz CT molecular complexity index is 1300. The van der Waals surface area contributed by atoms with E-state index in [0.717, 1.165) is 53.7 Å². The topological polar surface area (TPSA) is 111 Å². The monoisotopic (exact) mass is 413 g/mol. The van der Waals surface area contributed by atoms with Crippen molar-refractivity contribution in [3.63, 3.8) is 0 Å². The van der Waals surface area contributed by atoms with E-state index in [-0.39, 0.29) is 11.9 Å². The second-order valence-electron chi connectivity index (χ2n) is 8.08. The number of carbonyl (C=O) groups excluding carboxylic acids is 1. The number of aromatic amines is 1. The first-order chi connectivity index (χ1) is 15.1. The summed E-state index contributed by atoms with van der Waals surface area (Å²) >= 11 is 0. The number of rotatable bonds is 4. The molecule has 3 N–H and O–H groups in total. The largest absolute Gasteiger partial charge is 0.368 e. The summed E-state index contributed by atoms with van der Waals surface area (Å²) in [6.07, 6.45) is 5.47. The maximum absolute atomic E-state index is 12.9. The van der Waals surface area contributed by atoms with Crippen LogP contribution in [-0.2, 0) is 0 Å². The summed E-state index contributed by atoms with van der Waals surface area (Å²) in [5.74, 6) is 0.873. The van der Waals surface area contributed by atoms with Crippen LogP contribution in [0.2, 0.25) is 0 Å². The lowest BCUT2D eigenvalue weighted by atomic mass is 9.91. The highest BCUT2D eigenvalue weighted by molar-refractivity contribution is 6.06. The van der Waals surface area contributed by atoms with Crippen LogP contribution < -0.4 is 10.6 Å². The molecule has 8 nitrogen and oxygen atoms in total. The van der Waals surface area contributed by atoms with Crippen LogP contribution in [0.4, 0.5) is 5.82 Å². The van der Waals surface area contributed by atoms with Crippen molar-refractivity contribution in [2.45, 2.75) is 44.7 Å². The number of nitriles is 1. The fourth-order valence-corrected chi connectivity index (χ4v) is 4.40. The van der Waals surface area contributed by atoms with Crippen LogP contribution in [-0.4, -0.2) is 37.6 Å². The third kappa shape index (κ3) is 3.59. The minimum absolute atomic E-state index is 0.0575. The molecule has 1 fully saturated rings. The summed E-state index contributed by atoms with van der Waals surface area (Å²) < 4.78 is 1.92. The smallest absolute Gasteiger partial charge is 0.253 e. The van der Waals surface area contributed by atoms with Gasteiger partial charge in [0.05, 0.1) is 16.8 Å². The molecule has 1 aliphatic carbocycles. The molecule has 31 heavy (non-hydrogen) atoms. The second-order valence-corrected chi connectivity index (χ2v) is 8.08. The summed E-state index contributed by atoms with van der Waals surface area (Å²) in [5, 5.41) is 24.1. The van der Waals surface area contributed by atoms with Crippen LogP contribution in [0.1, 0.15) is 47.4 Å². The van der Waals surface area contributed by atoms with Crippen molar-refractivity contribution in [2.75, 3.05) is 5.32 Å². The number of anilines is 1. The Morgan fingerprint density at radius 1 is 1.16 bits per heavy atom. The molecule has 0 bridgehead atoms. The lowest BCUT2D eigenvalue weighted by molar-refractivity contribution is 0.0928. The number of H-pyrrole nitrogens is 1. The highest BCUT2D eigenvalue weighted by atomic mass is 16.1. The number of hydrogen-bond donors (Lipinski definition) is 3. The van der Waals surface area contributed by atoms with Crippen molar-refractivity contribution >= 4 is 28.3 Å². The Morgan fingerprint density at radius 3 is 2.74 bits per heavy atom. The van der Waals surface area contributed by atoms with E-state index in [1.807, 2.05) is 47.7 Å². The molecule has 1 aliphatic rings. The van der Waals surface area contributed by atoms with Gasteiger partial charge in [-0.25, -0.2) is 4.98 Å². The average Bonchev–Trinajstić information content (AvgIpc) is 3.39. The summed E-state index contributed by atoms with van der Waals surface area (Å²) in [6.45, 7) is 1.93. The number of aromatic nitrogens is 4. The van der Waals surface area contributed by atoms with Gasteiger partial charge in [0.15, 0.2) is 5.69 Å². The van der Waals surface area contributed by atoms with Gasteiger partial charge in [-0.05, 0) is 50.8 Å². The standard InChI is InChI=1S/C23H23N7O/c1-14-18-4-2-5-19(22(18)29-28-14)23(31)27-16-10-8-15(9-11-16)25-20-6-3-7-21-26-17(12-24)13-30(20)21/h2-7,13,15-16,25H,8-11H2,1H3,(H,27,31)(H,28,29). The zero-order chi connectivity index (χ0) is 21.4. The van der Waals surface area contributed by atoms with Gasteiger partial charge in [-0.15, -0.1) is 0 Å². The molecule has 0 spiro atoms. The molecule has 1 amide bonds. The number of fused-ring (bicyclic) bond motifs is 2. The van der Waals surface area contributed by atoms with Crippen molar-refractivity contribution < 1.29 is 4.79 Å². The molecule has 3 aromatic heterocycles. The number of benzene rings is 1. The van der Waals surface area contributed by atoms with E-state index in [1.54, 1.807) is 6.20 Å². The molecule has 156 valence electrons. The van der Waals surface area contributed by atoms with E-state index in [4.69, 9.17) is 5.26 Å². The predicted molar refractivity (Wildman–Crippen MR) is 118 cm³/mol. The maximum atomic E-state index is 12.9.